The van der Waals surface area contributed by atoms with E-state index in [-0.39, 0.29) is 5.91 Å². The third-order valence-corrected chi connectivity index (χ3v) is 5.69. The lowest BCUT2D eigenvalue weighted by molar-refractivity contribution is -0.138. The minimum atomic E-state index is -0.680. The average molecular weight is 451 g/mol. The van der Waals surface area contributed by atoms with E-state index in [1.54, 1.807) is 30.0 Å². The van der Waals surface area contributed by atoms with Gasteiger partial charge >= 0.3 is 0 Å². The molecule has 1 aliphatic heterocycles. The largest absolute Gasteiger partial charge is 0.479 e. The van der Waals surface area contributed by atoms with E-state index in [4.69, 9.17) is 39.5 Å². The summed E-state index contributed by atoms with van der Waals surface area (Å²) < 4.78 is 5.79. The number of fused-ring (bicyclic) bond motifs is 1. The highest BCUT2D eigenvalue weighted by Crippen LogP contribution is 2.31. The van der Waals surface area contributed by atoms with Gasteiger partial charge in [0, 0.05) is 46.4 Å². The molecule has 0 bridgehead atoms. The highest BCUT2D eigenvalue weighted by molar-refractivity contribution is 6.35. The first-order chi connectivity index (χ1) is 13.9. The summed E-state index contributed by atoms with van der Waals surface area (Å²) in [6, 6.07) is 12.4. The maximum Gasteiger partial charge on any atom is 0.263 e. The predicted octanol–water partition coefficient (Wildman–Crippen LogP) is 5.39. The smallest absolute Gasteiger partial charge is 0.263 e. The second kappa shape index (κ2) is 8.27. The molecule has 29 heavy (non-hydrogen) atoms. The Labute approximate surface area is 183 Å². The molecular weight excluding hydrogens is 433 g/mol. The Morgan fingerprint density at radius 3 is 2.59 bits per heavy atom. The van der Waals surface area contributed by atoms with E-state index in [0.29, 0.717) is 40.3 Å². The first-order valence-corrected chi connectivity index (χ1v) is 10.3. The van der Waals surface area contributed by atoms with Crippen LogP contribution in [0.3, 0.4) is 0 Å². The molecule has 4 rings (SSSR count). The van der Waals surface area contributed by atoms with E-state index in [0.717, 1.165) is 22.5 Å². The molecule has 2 heterocycles. The minimum Gasteiger partial charge on any atom is -0.479 e. The van der Waals surface area contributed by atoms with Crippen LogP contribution in [0.1, 0.15) is 18.2 Å². The first-order valence-electron chi connectivity index (χ1n) is 9.15. The molecule has 150 valence electrons. The summed E-state index contributed by atoms with van der Waals surface area (Å²) in [5.74, 6) is 0.324. The second-order valence-electron chi connectivity index (χ2n) is 6.88. The van der Waals surface area contributed by atoms with Gasteiger partial charge < -0.3 is 9.64 Å². The zero-order valence-electron chi connectivity index (χ0n) is 15.6. The zero-order valence-corrected chi connectivity index (χ0v) is 17.9. The van der Waals surface area contributed by atoms with Crippen LogP contribution < -0.4 is 4.74 Å². The number of ether oxygens (including phenoxy) is 1. The van der Waals surface area contributed by atoms with E-state index < -0.39 is 6.10 Å². The molecule has 2 aromatic carbocycles. The second-order valence-corrected chi connectivity index (χ2v) is 8.16. The van der Waals surface area contributed by atoms with Gasteiger partial charge in [-0.05, 0) is 37.3 Å². The fourth-order valence-corrected chi connectivity index (χ4v) is 3.98. The van der Waals surface area contributed by atoms with Crippen molar-refractivity contribution in [1.82, 2.24) is 15.1 Å². The standard InChI is InChI=1S/C21H18Cl3N3O2/c1-12(29-19-7-6-15(23)10-17(19)24)21(28)27-9-8-18-16(11-27)20(26-25-18)13-2-4-14(22)5-3-13/h2-7,10,12H,8-9,11H2,1H3,(H,25,26). The predicted molar refractivity (Wildman–Crippen MR) is 115 cm³/mol. The van der Waals surface area contributed by atoms with Crippen molar-refractivity contribution in [2.75, 3.05) is 6.54 Å². The van der Waals surface area contributed by atoms with Gasteiger partial charge in [-0.3, -0.25) is 9.89 Å². The molecule has 1 aliphatic rings. The fourth-order valence-electron chi connectivity index (χ4n) is 3.40. The highest BCUT2D eigenvalue weighted by Gasteiger charge is 2.29. The summed E-state index contributed by atoms with van der Waals surface area (Å²) >= 11 is 18.1. The summed E-state index contributed by atoms with van der Waals surface area (Å²) in [6.07, 6.45) is 0.0249. The number of amides is 1. The normalized spacial score (nSPS) is 14.4. The lowest BCUT2D eigenvalue weighted by Crippen LogP contribution is -2.43. The van der Waals surface area contributed by atoms with Gasteiger partial charge in [0.1, 0.15) is 5.75 Å². The number of rotatable bonds is 4. The number of hydrogen-bond donors (Lipinski definition) is 1. The Morgan fingerprint density at radius 2 is 1.86 bits per heavy atom. The Balaban J connectivity index is 1.51. The molecule has 1 amide bonds. The Bertz CT molecular complexity index is 1050. The number of carbonyl (C=O) groups is 1. The van der Waals surface area contributed by atoms with Crippen LogP contribution in [0.2, 0.25) is 15.1 Å². The highest BCUT2D eigenvalue weighted by atomic mass is 35.5. The molecule has 5 nitrogen and oxygen atoms in total. The fraction of sp³-hybridized carbons (Fsp3) is 0.238. The average Bonchev–Trinajstić information content (AvgIpc) is 3.13. The SMILES string of the molecule is CC(Oc1ccc(Cl)cc1Cl)C(=O)N1CCc2[nH]nc(-c3ccc(Cl)cc3)c2C1. The van der Waals surface area contributed by atoms with Crippen LogP contribution >= 0.6 is 34.8 Å². The third kappa shape index (κ3) is 4.22. The number of benzene rings is 2. The Kier molecular flexibility index (Phi) is 5.72. The summed E-state index contributed by atoms with van der Waals surface area (Å²) in [5, 5.41) is 9.11. The molecule has 1 atom stereocenters. The third-order valence-electron chi connectivity index (χ3n) is 4.91. The van der Waals surface area contributed by atoms with E-state index in [9.17, 15) is 4.79 Å². The van der Waals surface area contributed by atoms with Gasteiger partial charge in [0.15, 0.2) is 6.10 Å². The van der Waals surface area contributed by atoms with Crippen molar-refractivity contribution in [1.29, 1.82) is 0 Å². The van der Waals surface area contributed by atoms with E-state index in [1.165, 1.54) is 0 Å². The maximum atomic E-state index is 13.0. The van der Waals surface area contributed by atoms with Crippen molar-refractivity contribution in [3.8, 4) is 17.0 Å². The van der Waals surface area contributed by atoms with E-state index in [2.05, 4.69) is 10.2 Å². The van der Waals surface area contributed by atoms with E-state index in [1.807, 2.05) is 24.3 Å². The molecule has 8 heteroatoms. The quantitative estimate of drug-likeness (QED) is 0.580. The monoisotopic (exact) mass is 449 g/mol. The lowest BCUT2D eigenvalue weighted by Gasteiger charge is -2.29. The van der Waals surface area contributed by atoms with Crippen LogP contribution in [-0.4, -0.2) is 33.7 Å². The van der Waals surface area contributed by atoms with Gasteiger partial charge in [0.25, 0.3) is 5.91 Å². The minimum absolute atomic E-state index is 0.107. The summed E-state index contributed by atoms with van der Waals surface area (Å²) in [4.78, 5) is 14.8. The summed E-state index contributed by atoms with van der Waals surface area (Å²) in [7, 11) is 0. The maximum absolute atomic E-state index is 13.0. The number of carbonyl (C=O) groups excluding carboxylic acids is 1. The van der Waals surface area contributed by atoms with Crippen molar-refractivity contribution in [3.05, 3.63) is 68.8 Å². The van der Waals surface area contributed by atoms with Gasteiger partial charge in [-0.1, -0.05) is 46.9 Å². The van der Waals surface area contributed by atoms with Crippen molar-refractivity contribution in [2.24, 2.45) is 0 Å². The summed E-state index contributed by atoms with van der Waals surface area (Å²) in [5.41, 5.74) is 3.86. The van der Waals surface area contributed by atoms with Crippen LogP contribution in [0, 0.1) is 0 Å². The number of nitrogens with one attached hydrogen (secondary N) is 1. The number of hydrogen-bond acceptors (Lipinski definition) is 3. The Morgan fingerprint density at radius 1 is 1.14 bits per heavy atom. The Hall–Kier alpha value is -2.21. The molecule has 3 aromatic rings. The molecule has 0 spiro atoms. The van der Waals surface area contributed by atoms with Crippen LogP contribution in [0.4, 0.5) is 0 Å². The van der Waals surface area contributed by atoms with Gasteiger partial charge in [0.2, 0.25) is 0 Å². The van der Waals surface area contributed by atoms with Crippen LogP contribution in [0.15, 0.2) is 42.5 Å². The molecule has 0 radical (unpaired) electrons. The molecule has 0 saturated carbocycles. The zero-order chi connectivity index (χ0) is 20.5. The van der Waals surface area contributed by atoms with Crippen molar-refractivity contribution >= 4 is 40.7 Å². The van der Waals surface area contributed by atoms with Crippen LogP contribution in [0.25, 0.3) is 11.3 Å². The first kappa shape index (κ1) is 20.1. The van der Waals surface area contributed by atoms with Crippen molar-refractivity contribution in [3.63, 3.8) is 0 Å². The number of H-pyrrole nitrogens is 1. The topological polar surface area (TPSA) is 58.2 Å². The van der Waals surface area contributed by atoms with E-state index >= 15 is 0 Å². The lowest BCUT2D eigenvalue weighted by atomic mass is 10.0. The molecule has 1 N–H and O–H groups in total. The molecular formula is C21H18Cl3N3O2. The van der Waals surface area contributed by atoms with Gasteiger partial charge in [0.05, 0.1) is 10.7 Å². The van der Waals surface area contributed by atoms with Gasteiger partial charge in [-0.25, -0.2) is 0 Å². The van der Waals surface area contributed by atoms with Crippen molar-refractivity contribution in [2.45, 2.75) is 26.0 Å². The summed E-state index contributed by atoms with van der Waals surface area (Å²) in [6.45, 7) is 2.78. The van der Waals surface area contributed by atoms with Crippen molar-refractivity contribution < 1.29 is 9.53 Å². The molecule has 0 fully saturated rings. The molecule has 1 aromatic heterocycles. The molecule has 0 aliphatic carbocycles. The van der Waals surface area contributed by atoms with Crippen LogP contribution in [-0.2, 0) is 17.8 Å². The number of nitrogens with zero attached hydrogens (tertiary/aromatic N) is 2. The van der Waals surface area contributed by atoms with Gasteiger partial charge in [-0.15, -0.1) is 0 Å². The number of halogens is 3. The van der Waals surface area contributed by atoms with Gasteiger partial charge in [-0.2, -0.15) is 5.10 Å². The molecule has 1 unspecified atom stereocenters. The molecule has 0 saturated heterocycles. The van der Waals surface area contributed by atoms with Crippen LogP contribution in [0.5, 0.6) is 5.75 Å². The number of aromatic nitrogens is 2. The number of aromatic amines is 1.